The van der Waals surface area contributed by atoms with Crippen LogP contribution in [-0.4, -0.2) is 17.1 Å². The van der Waals surface area contributed by atoms with Gasteiger partial charge in [-0.25, -0.2) is 0 Å². The Labute approximate surface area is 105 Å². The van der Waals surface area contributed by atoms with Gasteiger partial charge in [0.2, 0.25) is 0 Å². The van der Waals surface area contributed by atoms with E-state index in [1.807, 2.05) is 12.4 Å². The largest absolute Gasteiger partial charge is 0.311 e. The van der Waals surface area contributed by atoms with Gasteiger partial charge in [0.15, 0.2) is 0 Å². The normalized spacial score (nSPS) is 28.8. The highest BCUT2D eigenvalue weighted by Crippen LogP contribution is 2.47. The molecule has 0 amide bonds. The van der Waals surface area contributed by atoms with Crippen molar-refractivity contribution in [3.8, 4) is 0 Å². The van der Waals surface area contributed by atoms with Crippen molar-refractivity contribution in [1.82, 2.24) is 10.3 Å². The van der Waals surface area contributed by atoms with Gasteiger partial charge in [-0.15, -0.1) is 0 Å². The maximum atomic E-state index is 4.27. The third kappa shape index (κ3) is 2.86. The highest BCUT2D eigenvalue weighted by Gasteiger charge is 2.43. The average molecular weight is 232 g/mol. The summed E-state index contributed by atoms with van der Waals surface area (Å²) in [5.41, 5.74) is 1.91. The molecule has 0 atom stereocenters. The Kier molecular flexibility index (Phi) is 3.26. The Morgan fingerprint density at radius 3 is 2.59 bits per heavy atom. The van der Waals surface area contributed by atoms with Crippen LogP contribution in [0.25, 0.3) is 0 Å². The van der Waals surface area contributed by atoms with Gasteiger partial charge in [-0.05, 0) is 51.2 Å². The van der Waals surface area contributed by atoms with Gasteiger partial charge in [-0.2, -0.15) is 0 Å². The first-order valence-corrected chi connectivity index (χ1v) is 6.57. The van der Waals surface area contributed by atoms with E-state index in [0.29, 0.717) is 5.41 Å². The van der Waals surface area contributed by atoms with E-state index in [4.69, 9.17) is 0 Å². The molecule has 0 unspecified atom stereocenters. The highest BCUT2D eigenvalue weighted by atomic mass is 15.0. The monoisotopic (exact) mass is 232 g/mol. The van der Waals surface area contributed by atoms with Gasteiger partial charge in [0.1, 0.15) is 0 Å². The van der Waals surface area contributed by atoms with Crippen LogP contribution in [0.15, 0.2) is 24.5 Å². The predicted molar refractivity (Wildman–Crippen MR) is 72.1 cm³/mol. The van der Waals surface area contributed by atoms with Gasteiger partial charge in [-0.3, -0.25) is 4.98 Å². The number of nitrogens with zero attached hydrogens (tertiary/aromatic N) is 1. The lowest BCUT2D eigenvalue weighted by atomic mass is 9.59. The third-order valence-electron chi connectivity index (χ3n) is 3.71. The van der Waals surface area contributed by atoms with Crippen LogP contribution in [0.3, 0.4) is 0 Å². The molecule has 0 bridgehead atoms. The molecule has 2 rings (SSSR count). The van der Waals surface area contributed by atoms with Crippen LogP contribution >= 0.6 is 0 Å². The maximum Gasteiger partial charge on any atom is 0.0306 e. The summed E-state index contributed by atoms with van der Waals surface area (Å²) < 4.78 is 0. The van der Waals surface area contributed by atoms with Gasteiger partial charge in [-0.1, -0.05) is 13.0 Å². The van der Waals surface area contributed by atoms with Crippen LogP contribution in [0.1, 0.15) is 46.1 Å². The lowest BCUT2D eigenvalue weighted by Gasteiger charge is -2.48. The standard InChI is InChI=1S/C15H24N2/c1-12-8-15(9-12,11-17-14(2,3)4)13-6-5-7-16-10-13/h5-7,10,12,17H,8-9,11H2,1-4H3. The highest BCUT2D eigenvalue weighted by molar-refractivity contribution is 5.26. The van der Waals surface area contributed by atoms with Crippen molar-refractivity contribution in [2.24, 2.45) is 5.92 Å². The summed E-state index contributed by atoms with van der Waals surface area (Å²) >= 11 is 0. The molecule has 1 aromatic rings. The fraction of sp³-hybridized carbons (Fsp3) is 0.667. The Balaban J connectivity index is 2.12. The molecule has 17 heavy (non-hydrogen) atoms. The lowest BCUT2D eigenvalue weighted by molar-refractivity contribution is 0.141. The predicted octanol–water partition coefficient (Wildman–Crippen LogP) is 3.14. The van der Waals surface area contributed by atoms with E-state index in [9.17, 15) is 0 Å². The lowest BCUT2D eigenvalue weighted by Crippen LogP contribution is -2.52. The minimum absolute atomic E-state index is 0.189. The van der Waals surface area contributed by atoms with E-state index >= 15 is 0 Å². The first kappa shape index (κ1) is 12.6. The van der Waals surface area contributed by atoms with Crippen LogP contribution in [0.5, 0.6) is 0 Å². The number of rotatable bonds is 3. The molecular formula is C15H24N2. The van der Waals surface area contributed by atoms with E-state index in [2.05, 4.69) is 50.1 Å². The minimum atomic E-state index is 0.189. The quantitative estimate of drug-likeness (QED) is 0.866. The average Bonchev–Trinajstić information content (AvgIpc) is 2.23. The number of pyridine rings is 1. The molecular weight excluding hydrogens is 208 g/mol. The Morgan fingerprint density at radius 1 is 1.41 bits per heavy atom. The molecule has 0 aromatic carbocycles. The van der Waals surface area contributed by atoms with Crippen LogP contribution in [0, 0.1) is 5.92 Å². The topological polar surface area (TPSA) is 24.9 Å². The van der Waals surface area contributed by atoms with Crippen LogP contribution in [0.2, 0.25) is 0 Å². The molecule has 2 nitrogen and oxygen atoms in total. The molecule has 1 heterocycles. The third-order valence-corrected chi connectivity index (χ3v) is 3.71. The molecule has 1 saturated carbocycles. The second kappa shape index (κ2) is 4.41. The summed E-state index contributed by atoms with van der Waals surface area (Å²) in [6.07, 6.45) is 6.45. The zero-order valence-electron chi connectivity index (χ0n) is 11.5. The summed E-state index contributed by atoms with van der Waals surface area (Å²) in [4.78, 5) is 4.27. The minimum Gasteiger partial charge on any atom is -0.311 e. The first-order chi connectivity index (χ1) is 7.91. The summed E-state index contributed by atoms with van der Waals surface area (Å²) in [6.45, 7) is 10.1. The van der Waals surface area contributed by atoms with Gasteiger partial charge < -0.3 is 5.32 Å². The molecule has 1 aromatic heterocycles. The molecule has 2 heteroatoms. The van der Waals surface area contributed by atoms with E-state index in [-0.39, 0.29) is 5.54 Å². The van der Waals surface area contributed by atoms with E-state index in [0.717, 1.165) is 12.5 Å². The van der Waals surface area contributed by atoms with E-state index < -0.39 is 0 Å². The Morgan fingerprint density at radius 2 is 2.12 bits per heavy atom. The Bertz CT molecular complexity index is 358. The van der Waals surface area contributed by atoms with Crippen molar-refractivity contribution >= 4 is 0 Å². The molecule has 0 aliphatic heterocycles. The van der Waals surface area contributed by atoms with Crippen LogP contribution < -0.4 is 5.32 Å². The number of hydrogen-bond donors (Lipinski definition) is 1. The fourth-order valence-corrected chi connectivity index (χ4v) is 2.87. The second-order valence-electron chi connectivity index (χ2n) is 6.64. The van der Waals surface area contributed by atoms with Crippen molar-refractivity contribution in [2.45, 2.75) is 51.5 Å². The molecule has 94 valence electrons. The van der Waals surface area contributed by atoms with Crippen molar-refractivity contribution in [2.75, 3.05) is 6.54 Å². The molecule has 0 spiro atoms. The van der Waals surface area contributed by atoms with Gasteiger partial charge in [0.05, 0.1) is 0 Å². The van der Waals surface area contributed by atoms with Crippen molar-refractivity contribution in [3.63, 3.8) is 0 Å². The molecule has 1 aliphatic rings. The zero-order valence-corrected chi connectivity index (χ0v) is 11.5. The molecule has 1 aliphatic carbocycles. The maximum absolute atomic E-state index is 4.27. The van der Waals surface area contributed by atoms with Crippen molar-refractivity contribution in [1.29, 1.82) is 0 Å². The number of nitrogens with one attached hydrogen (secondary N) is 1. The van der Waals surface area contributed by atoms with Crippen LogP contribution in [0.4, 0.5) is 0 Å². The summed E-state index contributed by atoms with van der Waals surface area (Å²) in [5, 5.41) is 3.66. The Hall–Kier alpha value is -0.890. The summed E-state index contributed by atoms with van der Waals surface area (Å²) in [7, 11) is 0. The van der Waals surface area contributed by atoms with Crippen molar-refractivity contribution in [3.05, 3.63) is 30.1 Å². The molecule has 0 radical (unpaired) electrons. The van der Waals surface area contributed by atoms with Gasteiger partial charge >= 0.3 is 0 Å². The number of hydrogen-bond acceptors (Lipinski definition) is 2. The molecule has 1 N–H and O–H groups in total. The van der Waals surface area contributed by atoms with Crippen LogP contribution in [-0.2, 0) is 5.41 Å². The van der Waals surface area contributed by atoms with E-state index in [1.54, 1.807) is 0 Å². The van der Waals surface area contributed by atoms with Gasteiger partial charge in [0.25, 0.3) is 0 Å². The molecule has 0 saturated heterocycles. The SMILES string of the molecule is CC1CC(CNC(C)(C)C)(c2cccnc2)C1. The first-order valence-electron chi connectivity index (χ1n) is 6.57. The zero-order chi connectivity index (χ0) is 12.5. The van der Waals surface area contributed by atoms with E-state index in [1.165, 1.54) is 18.4 Å². The number of aromatic nitrogens is 1. The summed E-state index contributed by atoms with van der Waals surface area (Å²) in [5.74, 6) is 0.844. The van der Waals surface area contributed by atoms with Gasteiger partial charge in [0, 0.05) is 29.9 Å². The smallest absolute Gasteiger partial charge is 0.0306 e. The molecule has 1 fully saturated rings. The second-order valence-corrected chi connectivity index (χ2v) is 6.64. The fourth-order valence-electron chi connectivity index (χ4n) is 2.87. The van der Waals surface area contributed by atoms with Crippen molar-refractivity contribution < 1.29 is 0 Å². The summed E-state index contributed by atoms with van der Waals surface area (Å²) in [6, 6.07) is 4.28.